The largest absolute Gasteiger partial charge is 0.370 e. The van der Waals surface area contributed by atoms with Crippen molar-refractivity contribution in [2.45, 2.75) is 31.7 Å². The van der Waals surface area contributed by atoms with Crippen molar-refractivity contribution >= 4 is 16.5 Å². The van der Waals surface area contributed by atoms with Crippen molar-refractivity contribution in [1.82, 2.24) is 0 Å². The van der Waals surface area contributed by atoms with Crippen molar-refractivity contribution in [1.29, 1.82) is 0 Å². The number of rotatable bonds is 2. The molecule has 1 aliphatic rings. The van der Waals surface area contributed by atoms with E-state index in [0.717, 1.165) is 6.42 Å². The molecule has 23 heavy (non-hydrogen) atoms. The smallest absolute Gasteiger partial charge is 0.0485 e. The highest BCUT2D eigenvalue weighted by molar-refractivity contribution is 5.98. The fourth-order valence-electron chi connectivity index (χ4n) is 4.20. The van der Waals surface area contributed by atoms with Crippen LogP contribution in [-0.2, 0) is 11.8 Å². The first kappa shape index (κ1) is 14.3. The number of hydrogen-bond donors (Lipinski definition) is 0. The zero-order chi connectivity index (χ0) is 16.0. The second-order valence-electron chi connectivity index (χ2n) is 7.05. The molecular weight excluding hydrogens is 278 g/mol. The summed E-state index contributed by atoms with van der Waals surface area (Å²) in [6.45, 7) is 4.78. The topological polar surface area (TPSA) is 3.24 Å². The Morgan fingerprint density at radius 1 is 0.913 bits per heavy atom. The van der Waals surface area contributed by atoms with Gasteiger partial charge in [-0.05, 0) is 29.9 Å². The molecule has 2 atom stereocenters. The number of anilines is 1. The maximum Gasteiger partial charge on any atom is 0.0485 e. The molecule has 3 aromatic carbocycles. The molecule has 2 unspecified atom stereocenters. The van der Waals surface area contributed by atoms with Gasteiger partial charge in [0.2, 0.25) is 0 Å². The lowest BCUT2D eigenvalue weighted by Gasteiger charge is -2.33. The average molecular weight is 301 g/mol. The normalized spacial score (nSPS) is 23.3. The third-order valence-corrected chi connectivity index (χ3v) is 5.79. The number of nitrogens with zero attached hydrogens (tertiary/aromatic N) is 1. The van der Waals surface area contributed by atoms with Crippen molar-refractivity contribution < 1.29 is 0 Å². The number of hydrogen-bond acceptors (Lipinski definition) is 1. The Hall–Kier alpha value is -2.28. The maximum absolute atomic E-state index is 2.47. The van der Waals surface area contributed by atoms with Gasteiger partial charge in [-0.2, -0.15) is 0 Å². The third-order valence-electron chi connectivity index (χ3n) is 5.79. The van der Waals surface area contributed by atoms with Crippen LogP contribution in [0.25, 0.3) is 10.8 Å². The fourth-order valence-corrected chi connectivity index (χ4v) is 4.20. The van der Waals surface area contributed by atoms with Crippen LogP contribution in [0.2, 0.25) is 0 Å². The maximum atomic E-state index is 2.47. The molecule has 0 saturated carbocycles. The summed E-state index contributed by atoms with van der Waals surface area (Å²) in [7, 11) is 2.24. The molecular formula is C22H23N. The Morgan fingerprint density at radius 3 is 2.39 bits per heavy atom. The number of fused-ring (bicyclic) bond motifs is 3. The van der Waals surface area contributed by atoms with Gasteiger partial charge in [-0.3, -0.25) is 0 Å². The molecule has 1 nitrogen and oxygen atoms in total. The molecule has 0 fully saturated rings. The van der Waals surface area contributed by atoms with E-state index in [-0.39, 0.29) is 5.41 Å². The van der Waals surface area contributed by atoms with Crippen LogP contribution in [0.3, 0.4) is 0 Å². The molecule has 0 bridgehead atoms. The van der Waals surface area contributed by atoms with E-state index in [2.05, 4.69) is 92.5 Å². The zero-order valence-electron chi connectivity index (χ0n) is 14.1. The average Bonchev–Trinajstić information content (AvgIpc) is 2.78. The van der Waals surface area contributed by atoms with E-state index < -0.39 is 0 Å². The molecule has 4 rings (SSSR count). The highest BCUT2D eigenvalue weighted by Gasteiger charge is 2.44. The first-order valence-corrected chi connectivity index (χ1v) is 8.40. The van der Waals surface area contributed by atoms with Gasteiger partial charge in [0, 0.05) is 29.6 Å². The zero-order valence-corrected chi connectivity index (χ0v) is 14.1. The molecule has 0 spiro atoms. The van der Waals surface area contributed by atoms with Crippen LogP contribution in [0, 0.1) is 0 Å². The van der Waals surface area contributed by atoms with Gasteiger partial charge in [0.1, 0.15) is 0 Å². The molecule has 0 saturated heterocycles. The molecule has 1 heteroatoms. The first-order valence-electron chi connectivity index (χ1n) is 8.40. The van der Waals surface area contributed by atoms with E-state index in [4.69, 9.17) is 0 Å². The van der Waals surface area contributed by atoms with Crippen molar-refractivity contribution in [3.05, 3.63) is 77.9 Å². The minimum atomic E-state index is 0.134. The van der Waals surface area contributed by atoms with E-state index in [0.29, 0.717) is 6.04 Å². The van der Waals surface area contributed by atoms with Crippen LogP contribution >= 0.6 is 0 Å². The molecule has 116 valence electrons. The second-order valence-corrected chi connectivity index (χ2v) is 7.05. The Bertz CT molecular complexity index is 852. The highest BCUT2D eigenvalue weighted by Crippen LogP contribution is 2.49. The standard InChI is InChI=1S/C22H23N/c1-16-22(2,15-17-9-5-4-6-10-17)20-14-13-18-11-7-8-12-19(18)21(20)23(16)3/h4-14,16H,15H2,1-3H3. The van der Waals surface area contributed by atoms with Gasteiger partial charge < -0.3 is 4.90 Å². The van der Waals surface area contributed by atoms with Gasteiger partial charge in [-0.1, -0.05) is 73.7 Å². The molecule has 3 aromatic rings. The van der Waals surface area contributed by atoms with Crippen LogP contribution in [0.5, 0.6) is 0 Å². The summed E-state index contributed by atoms with van der Waals surface area (Å²) in [5, 5.41) is 2.70. The van der Waals surface area contributed by atoms with Crippen molar-refractivity contribution in [3.63, 3.8) is 0 Å². The Labute approximate surface area is 138 Å². The van der Waals surface area contributed by atoms with E-state index in [1.54, 1.807) is 0 Å². The van der Waals surface area contributed by atoms with Crippen LogP contribution in [0.4, 0.5) is 5.69 Å². The molecule has 0 aromatic heterocycles. The van der Waals surface area contributed by atoms with Gasteiger partial charge in [-0.25, -0.2) is 0 Å². The van der Waals surface area contributed by atoms with E-state index in [9.17, 15) is 0 Å². The first-order chi connectivity index (χ1) is 11.1. The van der Waals surface area contributed by atoms with E-state index in [1.807, 2.05) is 0 Å². The van der Waals surface area contributed by atoms with Crippen LogP contribution in [0.15, 0.2) is 66.7 Å². The molecule has 0 radical (unpaired) electrons. The predicted octanol–water partition coefficient (Wildman–Crippen LogP) is 5.18. The van der Waals surface area contributed by atoms with Crippen molar-refractivity contribution in [2.75, 3.05) is 11.9 Å². The van der Waals surface area contributed by atoms with Gasteiger partial charge in [-0.15, -0.1) is 0 Å². The summed E-state index contributed by atoms with van der Waals surface area (Å²) in [4.78, 5) is 2.47. The van der Waals surface area contributed by atoms with Crippen molar-refractivity contribution in [2.24, 2.45) is 0 Å². The van der Waals surface area contributed by atoms with Gasteiger partial charge in [0.15, 0.2) is 0 Å². The summed E-state index contributed by atoms with van der Waals surface area (Å²) in [6.07, 6.45) is 1.07. The minimum Gasteiger partial charge on any atom is -0.370 e. The number of benzene rings is 3. The summed E-state index contributed by atoms with van der Waals surface area (Å²) >= 11 is 0. The lowest BCUT2D eigenvalue weighted by Crippen LogP contribution is -2.40. The van der Waals surface area contributed by atoms with Gasteiger partial charge in [0.05, 0.1) is 0 Å². The molecule has 0 N–H and O–H groups in total. The SMILES string of the molecule is CC1N(C)c2c(ccc3ccccc23)C1(C)Cc1ccccc1. The monoisotopic (exact) mass is 301 g/mol. The quantitative estimate of drug-likeness (QED) is 0.630. The molecule has 0 aliphatic carbocycles. The van der Waals surface area contributed by atoms with E-state index in [1.165, 1.54) is 27.6 Å². The Morgan fingerprint density at radius 2 is 1.61 bits per heavy atom. The molecule has 1 heterocycles. The fraction of sp³-hybridized carbons (Fsp3) is 0.273. The lowest BCUT2D eigenvalue weighted by atomic mass is 9.74. The van der Waals surface area contributed by atoms with Crippen LogP contribution in [0.1, 0.15) is 25.0 Å². The molecule has 1 aliphatic heterocycles. The summed E-state index contributed by atoms with van der Waals surface area (Å²) in [5.74, 6) is 0. The number of likely N-dealkylation sites (N-methyl/N-ethyl adjacent to an activating group) is 1. The summed E-state index contributed by atoms with van der Waals surface area (Å²) < 4.78 is 0. The highest BCUT2D eigenvalue weighted by atomic mass is 15.2. The van der Waals surface area contributed by atoms with Crippen LogP contribution in [-0.4, -0.2) is 13.1 Å². The second kappa shape index (κ2) is 5.13. The Kier molecular flexibility index (Phi) is 3.19. The summed E-state index contributed by atoms with van der Waals surface area (Å²) in [5.41, 5.74) is 4.44. The third kappa shape index (κ3) is 2.07. The van der Waals surface area contributed by atoms with Crippen LogP contribution < -0.4 is 4.90 Å². The molecule has 0 amide bonds. The van der Waals surface area contributed by atoms with Crippen molar-refractivity contribution in [3.8, 4) is 0 Å². The predicted molar refractivity (Wildman–Crippen MR) is 99.3 cm³/mol. The van der Waals surface area contributed by atoms with Gasteiger partial charge in [0.25, 0.3) is 0 Å². The Balaban J connectivity index is 1.90. The lowest BCUT2D eigenvalue weighted by molar-refractivity contribution is 0.410. The van der Waals surface area contributed by atoms with E-state index >= 15 is 0 Å². The minimum absolute atomic E-state index is 0.134. The summed E-state index contributed by atoms with van der Waals surface area (Å²) in [6, 6.07) is 24.7. The van der Waals surface area contributed by atoms with Gasteiger partial charge >= 0.3 is 0 Å².